The zero-order valence-electron chi connectivity index (χ0n) is 16.7. The molecule has 0 radical (unpaired) electrons. The van der Waals surface area contributed by atoms with Crippen LogP contribution in [0.5, 0.6) is 5.75 Å². The third-order valence-corrected chi connectivity index (χ3v) is 5.30. The molecule has 30 heavy (non-hydrogen) atoms. The Kier molecular flexibility index (Phi) is 5.88. The summed E-state index contributed by atoms with van der Waals surface area (Å²) in [5.74, 6) is 0.325. The molecule has 2 aromatic heterocycles. The molecule has 0 unspecified atom stereocenters. The number of hydrogen-bond donors (Lipinski definition) is 1. The highest BCUT2D eigenvalue weighted by Crippen LogP contribution is 2.33. The normalized spacial score (nSPS) is 15.0. The average Bonchev–Trinajstić information content (AvgIpc) is 3.55. The summed E-state index contributed by atoms with van der Waals surface area (Å²) >= 11 is 0. The lowest BCUT2D eigenvalue weighted by molar-refractivity contribution is -0.123. The fourth-order valence-electron chi connectivity index (χ4n) is 3.83. The van der Waals surface area contributed by atoms with Gasteiger partial charge in [0.2, 0.25) is 0 Å². The highest BCUT2D eigenvalue weighted by atomic mass is 16.5. The number of hydrogen-bond acceptors (Lipinski definition) is 5. The van der Waals surface area contributed by atoms with Gasteiger partial charge in [-0.05, 0) is 49.2 Å². The molecule has 7 heteroatoms. The second kappa shape index (κ2) is 8.90. The quantitative estimate of drug-likeness (QED) is 0.629. The van der Waals surface area contributed by atoms with E-state index in [4.69, 9.17) is 13.6 Å². The van der Waals surface area contributed by atoms with Crippen LogP contribution in [0.4, 0.5) is 5.69 Å². The van der Waals surface area contributed by atoms with Gasteiger partial charge in [-0.25, -0.2) is 0 Å². The van der Waals surface area contributed by atoms with Crippen molar-refractivity contribution in [2.75, 3.05) is 12.0 Å². The number of amides is 2. The molecule has 1 atom stereocenters. The van der Waals surface area contributed by atoms with Crippen LogP contribution in [0.25, 0.3) is 0 Å². The molecule has 1 aromatic carbocycles. The van der Waals surface area contributed by atoms with E-state index in [0.717, 1.165) is 25.7 Å². The molecule has 3 aromatic rings. The van der Waals surface area contributed by atoms with Crippen molar-refractivity contribution < 1.29 is 23.2 Å². The molecule has 0 bridgehead atoms. The minimum Gasteiger partial charge on any atom is -0.497 e. The van der Waals surface area contributed by atoms with E-state index in [1.807, 2.05) is 0 Å². The molecule has 156 valence electrons. The maximum Gasteiger partial charge on any atom is 0.295 e. The van der Waals surface area contributed by atoms with Crippen LogP contribution < -0.4 is 15.0 Å². The van der Waals surface area contributed by atoms with Gasteiger partial charge in [0.25, 0.3) is 11.8 Å². The number of rotatable bonds is 7. The Morgan fingerprint density at radius 1 is 1.07 bits per heavy atom. The van der Waals surface area contributed by atoms with Gasteiger partial charge < -0.3 is 18.9 Å². The predicted molar refractivity (Wildman–Crippen MR) is 110 cm³/mol. The number of benzene rings is 1. The summed E-state index contributed by atoms with van der Waals surface area (Å²) in [5, 5.41) is 3.09. The molecule has 0 aliphatic heterocycles. The third kappa shape index (κ3) is 4.10. The van der Waals surface area contributed by atoms with Gasteiger partial charge in [-0.15, -0.1) is 0 Å². The van der Waals surface area contributed by atoms with E-state index in [2.05, 4.69) is 5.32 Å². The van der Waals surface area contributed by atoms with Crippen molar-refractivity contribution in [3.63, 3.8) is 0 Å². The molecule has 0 spiro atoms. The van der Waals surface area contributed by atoms with E-state index in [1.165, 1.54) is 17.4 Å². The molecule has 1 aliphatic carbocycles. The lowest BCUT2D eigenvalue weighted by atomic mass is 10.1. The fourth-order valence-corrected chi connectivity index (χ4v) is 3.83. The van der Waals surface area contributed by atoms with Gasteiger partial charge in [-0.1, -0.05) is 18.9 Å². The lowest BCUT2D eigenvalue weighted by Crippen LogP contribution is -2.46. The van der Waals surface area contributed by atoms with Crippen LogP contribution >= 0.6 is 0 Å². The lowest BCUT2D eigenvalue weighted by Gasteiger charge is -2.30. The summed E-state index contributed by atoms with van der Waals surface area (Å²) in [7, 11) is 1.55. The Morgan fingerprint density at radius 2 is 1.83 bits per heavy atom. The number of carbonyl (C=O) groups excluding carboxylic acids is 2. The van der Waals surface area contributed by atoms with E-state index in [1.54, 1.807) is 55.6 Å². The molecule has 7 nitrogen and oxygen atoms in total. The molecular formula is C23H24N2O5. The van der Waals surface area contributed by atoms with Crippen molar-refractivity contribution in [3.8, 4) is 5.75 Å². The largest absolute Gasteiger partial charge is 0.497 e. The standard InChI is InChI=1S/C23H24N2O5/c1-28-18-10-4-9-17(15-18)25(23(27)20-12-6-14-30-20)21(19-11-5-13-29-19)22(26)24-16-7-2-3-8-16/h4-6,9-16,21H,2-3,7-8H2,1H3,(H,24,26)/t21-/m1/s1. The Labute approximate surface area is 174 Å². The van der Waals surface area contributed by atoms with Crippen LogP contribution in [-0.4, -0.2) is 25.0 Å². The highest BCUT2D eigenvalue weighted by Gasteiger charge is 2.37. The van der Waals surface area contributed by atoms with Crippen LogP contribution in [0.15, 0.2) is 69.9 Å². The van der Waals surface area contributed by atoms with Crippen molar-refractivity contribution in [2.24, 2.45) is 0 Å². The maximum atomic E-state index is 13.5. The first kappa shape index (κ1) is 19.8. The first-order valence-corrected chi connectivity index (χ1v) is 10.0. The fraction of sp³-hybridized carbons (Fsp3) is 0.304. The van der Waals surface area contributed by atoms with Gasteiger partial charge in [0.15, 0.2) is 11.8 Å². The summed E-state index contributed by atoms with van der Waals surface area (Å²) in [6.07, 6.45) is 6.95. The molecular weight excluding hydrogens is 384 g/mol. The van der Waals surface area contributed by atoms with Gasteiger partial charge in [-0.3, -0.25) is 14.5 Å². The molecule has 2 heterocycles. The predicted octanol–water partition coefficient (Wildman–Crippen LogP) is 4.33. The Hall–Kier alpha value is -3.48. The third-order valence-electron chi connectivity index (χ3n) is 5.30. The molecule has 0 saturated heterocycles. The number of nitrogens with zero attached hydrogens (tertiary/aromatic N) is 1. The van der Waals surface area contributed by atoms with Gasteiger partial charge in [0.1, 0.15) is 11.5 Å². The summed E-state index contributed by atoms with van der Waals surface area (Å²) in [4.78, 5) is 28.3. The van der Waals surface area contributed by atoms with Crippen molar-refractivity contribution in [2.45, 2.75) is 37.8 Å². The molecule has 1 fully saturated rings. The molecule has 1 aliphatic rings. The Balaban J connectivity index is 1.77. The first-order chi connectivity index (χ1) is 14.7. The minimum atomic E-state index is -0.995. The first-order valence-electron chi connectivity index (χ1n) is 10.0. The second-order valence-electron chi connectivity index (χ2n) is 7.26. The van der Waals surface area contributed by atoms with E-state index < -0.39 is 11.9 Å². The number of anilines is 1. The summed E-state index contributed by atoms with van der Waals surface area (Å²) < 4.78 is 16.3. The summed E-state index contributed by atoms with van der Waals surface area (Å²) in [6.45, 7) is 0. The van der Waals surface area contributed by atoms with Crippen LogP contribution in [-0.2, 0) is 4.79 Å². The number of furan rings is 2. The highest BCUT2D eigenvalue weighted by molar-refractivity contribution is 6.08. The van der Waals surface area contributed by atoms with Gasteiger partial charge in [-0.2, -0.15) is 0 Å². The number of methoxy groups -OCH3 is 1. The summed E-state index contributed by atoms with van der Waals surface area (Å²) in [6, 6.07) is 12.7. The molecule has 1 N–H and O–H groups in total. The number of ether oxygens (including phenoxy) is 1. The molecule has 2 amide bonds. The van der Waals surface area contributed by atoms with Crippen LogP contribution in [0.3, 0.4) is 0 Å². The van der Waals surface area contributed by atoms with E-state index in [-0.39, 0.29) is 17.7 Å². The zero-order chi connectivity index (χ0) is 20.9. The summed E-state index contributed by atoms with van der Waals surface area (Å²) in [5.41, 5.74) is 0.499. The number of nitrogens with one attached hydrogen (secondary N) is 1. The maximum absolute atomic E-state index is 13.5. The topological polar surface area (TPSA) is 84.9 Å². The van der Waals surface area contributed by atoms with Crippen LogP contribution in [0.2, 0.25) is 0 Å². The van der Waals surface area contributed by atoms with Gasteiger partial charge in [0.05, 0.1) is 19.6 Å². The SMILES string of the molecule is COc1cccc(N(C(=O)c2ccco2)[C@@H](C(=O)NC2CCCC2)c2ccco2)c1. The van der Waals surface area contributed by atoms with E-state index in [0.29, 0.717) is 17.2 Å². The molecule has 1 saturated carbocycles. The zero-order valence-corrected chi connectivity index (χ0v) is 16.7. The second-order valence-corrected chi connectivity index (χ2v) is 7.26. The van der Waals surface area contributed by atoms with Crippen molar-refractivity contribution in [1.82, 2.24) is 5.32 Å². The van der Waals surface area contributed by atoms with Crippen molar-refractivity contribution in [3.05, 3.63) is 72.6 Å². The van der Waals surface area contributed by atoms with E-state index in [9.17, 15) is 9.59 Å². The van der Waals surface area contributed by atoms with Gasteiger partial charge >= 0.3 is 0 Å². The smallest absolute Gasteiger partial charge is 0.295 e. The van der Waals surface area contributed by atoms with Crippen molar-refractivity contribution in [1.29, 1.82) is 0 Å². The molecule has 4 rings (SSSR count). The van der Waals surface area contributed by atoms with E-state index >= 15 is 0 Å². The van der Waals surface area contributed by atoms with Crippen LogP contribution in [0.1, 0.15) is 48.0 Å². The Morgan fingerprint density at radius 3 is 2.50 bits per heavy atom. The minimum absolute atomic E-state index is 0.0980. The van der Waals surface area contributed by atoms with Gasteiger partial charge in [0, 0.05) is 17.8 Å². The average molecular weight is 408 g/mol. The monoisotopic (exact) mass is 408 g/mol. The van der Waals surface area contributed by atoms with Crippen molar-refractivity contribution >= 4 is 17.5 Å². The van der Waals surface area contributed by atoms with Crippen LogP contribution in [0, 0.1) is 0 Å². The Bertz CT molecular complexity index is 975. The number of carbonyl (C=O) groups is 2.